The normalized spacial score (nSPS) is 11.0. The van der Waals surface area contributed by atoms with E-state index in [4.69, 9.17) is 0 Å². The highest BCUT2D eigenvalue weighted by Crippen LogP contribution is 2.32. The van der Waals surface area contributed by atoms with E-state index in [1.807, 2.05) is 61.5 Å². The van der Waals surface area contributed by atoms with Gasteiger partial charge in [0.05, 0.1) is 11.1 Å². The Balaban J connectivity index is 1.36. The highest BCUT2D eigenvalue weighted by atomic mass is 32.1. The van der Waals surface area contributed by atoms with Crippen molar-refractivity contribution in [3.05, 3.63) is 90.1 Å². The second-order valence-electron chi connectivity index (χ2n) is 7.27. The molecule has 0 atom stereocenters. The molecule has 0 fully saturated rings. The van der Waals surface area contributed by atoms with Crippen LogP contribution in [0, 0.1) is 6.92 Å². The zero-order chi connectivity index (χ0) is 21.2. The number of thiophene rings is 1. The molecule has 1 amide bonds. The molecule has 5 aromatic rings. The number of hydrogen-bond acceptors (Lipinski definition) is 4. The maximum absolute atomic E-state index is 12.7. The summed E-state index contributed by atoms with van der Waals surface area (Å²) in [6.45, 7) is 2.06. The first-order valence-corrected chi connectivity index (χ1v) is 10.9. The van der Waals surface area contributed by atoms with Crippen molar-refractivity contribution >= 4 is 34.0 Å². The third-order valence-electron chi connectivity index (χ3n) is 5.16. The van der Waals surface area contributed by atoms with E-state index in [2.05, 4.69) is 39.0 Å². The summed E-state index contributed by atoms with van der Waals surface area (Å²) in [6.07, 6.45) is 1.77. The molecule has 0 bridgehead atoms. The molecule has 6 heteroatoms. The molecule has 1 N–H and O–H groups in total. The largest absolute Gasteiger partial charge is 0.324 e. The van der Waals surface area contributed by atoms with Crippen molar-refractivity contribution in [2.75, 3.05) is 5.32 Å². The summed E-state index contributed by atoms with van der Waals surface area (Å²) < 4.78 is 1.68. The molecule has 5 nitrogen and oxygen atoms in total. The first kappa shape index (κ1) is 19.2. The van der Waals surface area contributed by atoms with Crippen LogP contribution < -0.4 is 5.32 Å². The zero-order valence-corrected chi connectivity index (χ0v) is 17.8. The van der Waals surface area contributed by atoms with Gasteiger partial charge in [0.25, 0.3) is 0 Å². The molecule has 3 heterocycles. The van der Waals surface area contributed by atoms with Crippen molar-refractivity contribution in [2.24, 2.45) is 0 Å². The number of benzene rings is 2. The number of aryl methyl sites for hydroxylation is 1. The van der Waals surface area contributed by atoms with Gasteiger partial charge in [-0.1, -0.05) is 48.5 Å². The molecule has 3 aromatic heterocycles. The number of nitrogens with zero attached hydrogens (tertiary/aromatic N) is 3. The van der Waals surface area contributed by atoms with E-state index in [0.29, 0.717) is 0 Å². The zero-order valence-electron chi connectivity index (χ0n) is 16.9. The van der Waals surface area contributed by atoms with Crippen molar-refractivity contribution in [1.29, 1.82) is 0 Å². The van der Waals surface area contributed by atoms with Crippen molar-refractivity contribution in [3.63, 3.8) is 0 Å². The van der Waals surface area contributed by atoms with Gasteiger partial charge >= 0.3 is 0 Å². The molecule has 0 spiro atoms. The van der Waals surface area contributed by atoms with E-state index in [-0.39, 0.29) is 12.5 Å². The third kappa shape index (κ3) is 3.85. The lowest BCUT2D eigenvalue weighted by atomic mass is 10.1. The molecular weight excluding hydrogens is 404 g/mol. The maximum atomic E-state index is 12.7. The molecule has 2 aromatic carbocycles. The standard InChI is InChI=1S/C25H20N4OS/c1-17-24-21(22-8-5-15-31-22)13-14-26-25(24)29(28-17)16-23(30)27-20-11-9-19(10-12-20)18-6-3-2-4-7-18/h2-15H,16H2,1H3,(H,27,30). The van der Waals surface area contributed by atoms with Crippen molar-refractivity contribution < 1.29 is 4.79 Å². The van der Waals surface area contributed by atoms with E-state index < -0.39 is 0 Å². The molecule has 0 saturated carbocycles. The molecule has 31 heavy (non-hydrogen) atoms. The van der Waals surface area contributed by atoms with E-state index in [1.165, 1.54) is 0 Å². The number of pyridine rings is 1. The fraction of sp³-hybridized carbons (Fsp3) is 0.0800. The van der Waals surface area contributed by atoms with Gasteiger partial charge in [-0.25, -0.2) is 9.67 Å². The summed E-state index contributed by atoms with van der Waals surface area (Å²) in [7, 11) is 0. The second kappa shape index (κ2) is 8.16. The number of amides is 1. The summed E-state index contributed by atoms with van der Waals surface area (Å²) in [6, 6.07) is 24.1. The van der Waals surface area contributed by atoms with E-state index in [9.17, 15) is 4.79 Å². The van der Waals surface area contributed by atoms with Gasteiger partial charge in [0.1, 0.15) is 6.54 Å². The number of carbonyl (C=O) groups excluding carboxylic acids is 1. The first-order valence-electron chi connectivity index (χ1n) is 10.0. The quantitative estimate of drug-likeness (QED) is 0.389. The Kier molecular flexibility index (Phi) is 5.06. The number of hydrogen-bond donors (Lipinski definition) is 1. The van der Waals surface area contributed by atoms with Gasteiger partial charge in [-0.15, -0.1) is 11.3 Å². The Bertz CT molecular complexity index is 1340. The van der Waals surface area contributed by atoms with E-state index >= 15 is 0 Å². The number of aromatic nitrogens is 3. The summed E-state index contributed by atoms with van der Waals surface area (Å²) in [5.41, 5.74) is 5.69. The third-order valence-corrected chi connectivity index (χ3v) is 6.07. The van der Waals surface area contributed by atoms with Gasteiger partial charge in [-0.2, -0.15) is 5.10 Å². The van der Waals surface area contributed by atoms with Gasteiger partial charge in [-0.05, 0) is 47.7 Å². The predicted octanol–water partition coefficient (Wildman–Crippen LogP) is 5.77. The van der Waals surface area contributed by atoms with Crippen LogP contribution in [0.25, 0.3) is 32.6 Å². The minimum atomic E-state index is -0.139. The van der Waals surface area contributed by atoms with Gasteiger partial charge < -0.3 is 5.32 Å². The van der Waals surface area contributed by atoms with Crippen LogP contribution in [0.2, 0.25) is 0 Å². The highest BCUT2D eigenvalue weighted by Gasteiger charge is 2.16. The van der Waals surface area contributed by atoms with Crippen molar-refractivity contribution in [3.8, 4) is 21.6 Å². The van der Waals surface area contributed by atoms with Crippen molar-refractivity contribution in [2.45, 2.75) is 13.5 Å². The second-order valence-corrected chi connectivity index (χ2v) is 8.22. The molecule has 152 valence electrons. The summed E-state index contributed by atoms with van der Waals surface area (Å²) >= 11 is 1.68. The molecule has 0 aliphatic rings. The minimum Gasteiger partial charge on any atom is -0.324 e. The first-order chi connectivity index (χ1) is 15.2. The molecule has 0 unspecified atom stereocenters. The molecule has 0 aliphatic carbocycles. The Morgan fingerprint density at radius 3 is 2.48 bits per heavy atom. The Morgan fingerprint density at radius 2 is 1.74 bits per heavy atom. The molecule has 0 radical (unpaired) electrons. The summed E-state index contributed by atoms with van der Waals surface area (Å²) in [4.78, 5) is 18.4. The average Bonchev–Trinajstić information content (AvgIpc) is 3.44. The maximum Gasteiger partial charge on any atom is 0.246 e. The van der Waals surface area contributed by atoms with Crippen LogP contribution in [0.3, 0.4) is 0 Å². The average molecular weight is 425 g/mol. The minimum absolute atomic E-state index is 0.103. The molecule has 0 aliphatic heterocycles. The van der Waals surface area contributed by atoms with Gasteiger partial charge in [0.15, 0.2) is 5.65 Å². The number of carbonyl (C=O) groups is 1. The topological polar surface area (TPSA) is 59.8 Å². The van der Waals surface area contributed by atoms with E-state index in [1.54, 1.807) is 22.2 Å². The Hall–Kier alpha value is -3.77. The van der Waals surface area contributed by atoms with Crippen molar-refractivity contribution in [1.82, 2.24) is 14.8 Å². The SMILES string of the molecule is Cc1nn(CC(=O)Nc2ccc(-c3ccccc3)cc2)c2nccc(-c3cccs3)c12. The summed E-state index contributed by atoms with van der Waals surface area (Å²) in [5.74, 6) is -0.139. The monoisotopic (exact) mass is 424 g/mol. The lowest BCUT2D eigenvalue weighted by Gasteiger charge is -2.08. The van der Waals surface area contributed by atoms with Gasteiger partial charge in [0, 0.05) is 22.3 Å². The number of anilines is 1. The molecule has 5 rings (SSSR count). The van der Waals surface area contributed by atoms with Gasteiger partial charge in [-0.3, -0.25) is 4.79 Å². The van der Waals surface area contributed by atoms with Crippen LogP contribution in [0.4, 0.5) is 5.69 Å². The van der Waals surface area contributed by atoms with Crippen LogP contribution in [0.15, 0.2) is 84.4 Å². The van der Waals surface area contributed by atoms with E-state index in [0.717, 1.165) is 44.0 Å². The van der Waals surface area contributed by atoms with Gasteiger partial charge in [0.2, 0.25) is 5.91 Å². The smallest absolute Gasteiger partial charge is 0.246 e. The fourth-order valence-electron chi connectivity index (χ4n) is 3.74. The predicted molar refractivity (Wildman–Crippen MR) is 126 cm³/mol. The Labute approximate surface area is 184 Å². The summed E-state index contributed by atoms with van der Waals surface area (Å²) in [5, 5.41) is 10.6. The lowest BCUT2D eigenvalue weighted by Crippen LogP contribution is -2.19. The van der Waals surface area contributed by atoms with Crippen LogP contribution in [-0.2, 0) is 11.3 Å². The number of nitrogens with one attached hydrogen (secondary N) is 1. The van der Waals surface area contributed by atoms with Crippen LogP contribution in [0.1, 0.15) is 5.69 Å². The Morgan fingerprint density at radius 1 is 0.968 bits per heavy atom. The number of rotatable bonds is 5. The highest BCUT2D eigenvalue weighted by molar-refractivity contribution is 7.13. The number of fused-ring (bicyclic) bond motifs is 1. The van der Waals surface area contributed by atoms with Crippen LogP contribution >= 0.6 is 11.3 Å². The fourth-order valence-corrected chi connectivity index (χ4v) is 4.50. The van der Waals surface area contributed by atoms with Crippen LogP contribution in [-0.4, -0.2) is 20.7 Å². The molecule has 0 saturated heterocycles. The molecular formula is C25H20N4OS. The van der Waals surface area contributed by atoms with Crippen LogP contribution in [0.5, 0.6) is 0 Å². The lowest BCUT2D eigenvalue weighted by molar-refractivity contribution is -0.116.